The molecule has 4 rings (SSSR count). The molecule has 1 saturated heterocycles. The maximum absolute atomic E-state index is 12.9. The van der Waals surface area contributed by atoms with Crippen LogP contribution in [-0.2, 0) is 12.8 Å². The summed E-state index contributed by atoms with van der Waals surface area (Å²) < 4.78 is 5.42. The van der Waals surface area contributed by atoms with Crippen LogP contribution in [-0.4, -0.2) is 47.1 Å². The fourth-order valence-corrected chi connectivity index (χ4v) is 3.58. The van der Waals surface area contributed by atoms with Gasteiger partial charge in [0.05, 0.1) is 0 Å². The zero-order chi connectivity index (χ0) is 16.5. The van der Waals surface area contributed by atoms with Gasteiger partial charge in [-0.2, -0.15) is 0 Å². The van der Waals surface area contributed by atoms with Crippen molar-refractivity contribution in [2.75, 3.05) is 31.1 Å². The van der Waals surface area contributed by atoms with Crippen molar-refractivity contribution in [2.45, 2.75) is 26.2 Å². The predicted molar refractivity (Wildman–Crippen MR) is 90.0 cm³/mol. The summed E-state index contributed by atoms with van der Waals surface area (Å²) in [4.78, 5) is 21.3. The number of piperazine rings is 1. The van der Waals surface area contributed by atoms with Gasteiger partial charge in [-0.1, -0.05) is 18.1 Å². The molecule has 3 heterocycles. The SMILES string of the molecule is C[C@@H]1CCc2onc(C(=O)N3CCN(c4ccccn4)CC3)c2C1. The Balaban J connectivity index is 1.45. The molecular formula is C18H22N4O2. The lowest BCUT2D eigenvalue weighted by Crippen LogP contribution is -2.49. The number of nitrogens with zero attached hydrogens (tertiary/aromatic N) is 4. The Morgan fingerprint density at radius 1 is 1.25 bits per heavy atom. The van der Waals surface area contributed by atoms with E-state index in [0.717, 1.165) is 49.5 Å². The molecule has 0 aromatic carbocycles. The van der Waals surface area contributed by atoms with Crippen LogP contribution in [0.4, 0.5) is 5.82 Å². The zero-order valence-corrected chi connectivity index (χ0v) is 13.9. The molecule has 1 amide bonds. The minimum atomic E-state index is 0.00905. The Hall–Kier alpha value is -2.37. The lowest BCUT2D eigenvalue weighted by Gasteiger charge is -2.35. The molecule has 126 valence electrons. The van der Waals surface area contributed by atoms with Crippen LogP contribution in [0.15, 0.2) is 28.9 Å². The Kier molecular flexibility index (Phi) is 3.96. The number of carbonyl (C=O) groups excluding carboxylic acids is 1. The molecule has 0 bridgehead atoms. The van der Waals surface area contributed by atoms with Gasteiger partial charge in [-0.05, 0) is 30.9 Å². The lowest BCUT2D eigenvalue weighted by atomic mass is 9.88. The van der Waals surface area contributed by atoms with E-state index in [1.54, 1.807) is 6.20 Å². The van der Waals surface area contributed by atoms with Gasteiger partial charge in [-0.15, -0.1) is 0 Å². The smallest absolute Gasteiger partial charge is 0.276 e. The van der Waals surface area contributed by atoms with E-state index in [-0.39, 0.29) is 5.91 Å². The van der Waals surface area contributed by atoms with E-state index in [1.807, 2.05) is 23.1 Å². The third-order valence-electron chi connectivity index (χ3n) is 5.03. The molecule has 2 aromatic rings. The minimum Gasteiger partial charge on any atom is -0.360 e. The molecule has 2 aromatic heterocycles. The number of anilines is 1. The van der Waals surface area contributed by atoms with E-state index in [0.29, 0.717) is 24.7 Å². The third kappa shape index (κ3) is 2.77. The summed E-state index contributed by atoms with van der Waals surface area (Å²) in [6, 6.07) is 5.91. The molecule has 0 saturated carbocycles. The summed E-state index contributed by atoms with van der Waals surface area (Å²) in [5, 5.41) is 4.09. The Morgan fingerprint density at radius 2 is 2.08 bits per heavy atom. The molecular weight excluding hydrogens is 304 g/mol. The van der Waals surface area contributed by atoms with Gasteiger partial charge >= 0.3 is 0 Å². The van der Waals surface area contributed by atoms with Gasteiger partial charge in [0, 0.05) is 44.4 Å². The van der Waals surface area contributed by atoms with Crippen molar-refractivity contribution in [2.24, 2.45) is 5.92 Å². The van der Waals surface area contributed by atoms with Gasteiger partial charge in [0.25, 0.3) is 5.91 Å². The summed E-state index contributed by atoms with van der Waals surface area (Å²) in [6.45, 7) is 5.17. The summed E-state index contributed by atoms with van der Waals surface area (Å²) in [5.41, 5.74) is 1.56. The summed E-state index contributed by atoms with van der Waals surface area (Å²) in [6.07, 6.45) is 4.70. The quantitative estimate of drug-likeness (QED) is 0.846. The number of fused-ring (bicyclic) bond motifs is 1. The van der Waals surface area contributed by atoms with Crippen LogP contribution in [0.2, 0.25) is 0 Å². The Labute approximate surface area is 141 Å². The normalized spacial score (nSPS) is 20.8. The van der Waals surface area contributed by atoms with E-state index in [1.165, 1.54) is 0 Å². The van der Waals surface area contributed by atoms with Crippen molar-refractivity contribution in [1.82, 2.24) is 15.0 Å². The van der Waals surface area contributed by atoms with Gasteiger partial charge in [0.2, 0.25) is 0 Å². The molecule has 24 heavy (non-hydrogen) atoms. The largest absolute Gasteiger partial charge is 0.360 e. The molecule has 0 radical (unpaired) electrons. The van der Waals surface area contributed by atoms with Crippen LogP contribution in [0.3, 0.4) is 0 Å². The standard InChI is InChI=1S/C18H22N4O2/c1-13-5-6-15-14(12-13)17(20-24-15)18(23)22-10-8-21(9-11-22)16-4-2-3-7-19-16/h2-4,7,13H,5-6,8-12H2,1H3/t13-/m1/s1. The first-order valence-electron chi connectivity index (χ1n) is 8.65. The number of hydrogen-bond donors (Lipinski definition) is 0. The van der Waals surface area contributed by atoms with Gasteiger partial charge in [-0.3, -0.25) is 4.79 Å². The van der Waals surface area contributed by atoms with Crippen molar-refractivity contribution in [3.63, 3.8) is 0 Å². The fraction of sp³-hybridized carbons (Fsp3) is 0.500. The number of carbonyl (C=O) groups is 1. The fourth-order valence-electron chi connectivity index (χ4n) is 3.58. The van der Waals surface area contributed by atoms with E-state index < -0.39 is 0 Å². The van der Waals surface area contributed by atoms with Gasteiger partial charge < -0.3 is 14.3 Å². The van der Waals surface area contributed by atoms with Crippen molar-refractivity contribution in [3.8, 4) is 0 Å². The van der Waals surface area contributed by atoms with Crippen LogP contribution in [0.1, 0.15) is 35.2 Å². The molecule has 6 nitrogen and oxygen atoms in total. The molecule has 2 aliphatic rings. The number of aryl methyl sites for hydroxylation is 1. The van der Waals surface area contributed by atoms with Gasteiger partial charge in [-0.25, -0.2) is 4.98 Å². The second-order valence-corrected chi connectivity index (χ2v) is 6.75. The highest BCUT2D eigenvalue weighted by atomic mass is 16.5. The van der Waals surface area contributed by atoms with Crippen molar-refractivity contribution >= 4 is 11.7 Å². The molecule has 0 unspecified atom stereocenters. The zero-order valence-electron chi connectivity index (χ0n) is 13.9. The molecule has 0 spiro atoms. The van der Waals surface area contributed by atoms with Crippen molar-refractivity contribution < 1.29 is 9.32 Å². The van der Waals surface area contributed by atoms with E-state index >= 15 is 0 Å². The summed E-state index contributed by atoms with van der Waals surface area (Å²) in [7, 11) is 0. The maximum atomic E-state index is 12.9. The van der Waals surface area contributed by atoms with Crippen LogP contribution in [0, 0.1) is 5.92 Å². The lowest BCUT2D eigenvalue weighted by molar-refractivity contribution is 0.0735. The van der Waals surface area contributed by atoms with E-state index in [9.17, 15) is 4.79 Å². The highest BCUT2D eigenvalue weighted by molar-refractivity contribution is 5.94. The van der Waals surface area contributed by atoms with E-state index in [4.69, 9.17) is 4.52 Å². The third-order valence-corrected chi connectivity index (χ3v) is 5.03. The average molecular weight is 326 g/mol. The minimum absolute atomic E-state index is 0.00905. The molecule has 6 heteroatoms. The van der Waals surface area contributed by atoms with Crippen LogP contribution in [0.25, 0.3) is 0 Å². The summed E-state index contributed by atoms with van der Waals surface area (Å²) in [5.74, 6) is 2.47. The predicted octanol–water partition coefficient (Wildman–Crippen LogP) is 2.16. The molecule has 1 aliphatic carbocycles. The molecule has 1 atom stereocenters. The number of hydrogen-bond acceptors (Lipinski definition) is 5. The number of amides is 1. The van der Waals surface area contributed by atoms with Crippen LogP contribution in [0.5, 0.6) is 0 Å². The average Bonchev–Trinajstić information content (AvgIpc) is 3.05. The van der Waals surface area contributed by atoms with Gasteiger partial charge in [0.1, 0.15) is 11.6 Å². The maximum Gasteiger partial charge on any atom is 0.276 e. The monoisotopic (exact) mass is 326 g/mol. The number of rotatable bonds is 2. The van der Waals surface area contributed by atoms with Crippen molar-refractivity contribution in [3.05, 3.63) is 41.4 Å². The van der Waals surface area contributed by atoms with E-state index in [2.05, 4.69) is 22.0 Å². The highest BCUT2D eigenvalue weighted by Crippen LogP contribution is 2.28. The first-order valence-corrected chi connectivity index (χ1v) is 8.65. The van der Waals surface area contributed by atoms with Gasteiger partial charge in [0.15, 0.2) is 5.69 Å². The van der Waals surface area contributed by atoms with Crippen LogP contribution < -0.4 is 4.90 Å². The molecule has 1 fully saturated rings. The Bertz CT molecular complexity index is 720. The second-order valence-electron chi connectivity index (χ2n) is 6.75. The highest BCUT2D eigenvalue weighted by Gasteiger charge is 2.31. The van der Waals surface area contributed by atoms with Crippen molar-refractivity contribution in [1.29, 1.82) is 0 Å². The number of pyridine rings is 1. The summed E-state index contributed by atoms with van der Waals surface area (Å²) >= 11 is 0. The second kappa shape index (κ2) is 6.26. The Morgan fingerprint density at radius 3 is 2.83 bits per heavy atom. The molecule has 1 aliphatic heterocycles. The number of aromatic nitrogens is 2. The first-order chi connectivity index (χ1) is 11.7. The topological polar surface area (TPSA) is 62.5 Å². The molecule has 0 N–H and O–H groups in total. The first kappa shape index (κ1) is 15.2. The van der Waals surface area contributed by atoms with Crippen LogP contribution >= 0.6 is 0 Å².